The van der Waals surface area contributed by atoms with E-state index in [4.69, 9.17) is 14.3 Å². The van der Waals surface area contributed by atoms with Crippen molar-refractivity contribution >= 4 is 14.3 Å². The summed E-state index contributed by atoms with van der Waals surface area (Å²) in [6.45, 7) is 13.3. The van der Waals surface area contributed by atoms with E-state index in [1.54, 1.807) is 6.08 Å². The average Bonchev–Trinajstić information content (AvgIpc) is 2.46. The van der Waals surface area contributed by atoms with Crippen LogP contribution in [0.5, 0.6) is 0 Å². The molecule has 5 heteroatoms. The molecule has 1 aromatic rings. The Hall–Kier alpha value is -1.43. The molecule has 1 N–H and O–H groups in total. The predicted molar refractivity (Wildman–Crippen MR) is 99.5 cm³/mol. The van der Waals surface area contributed by atoms with Gasteiger partial charge in [-0.15, -0.1) is 0 Å². The third-order valence-electron chi connectivity index (χ3n) is 4.46. The van der Waals surface area contributed by atoms with Gasteiger partial charge in [-0.25, -0.2) is 4.79 Å². The molecule has 0 aliphatic carbocycles. The van der Waals surface area contributed by atoms with Gasteiger partial charge in [0.1, 0.15) is 6.10 Å². The van der Waals surface area contributed by atoms with Crippen molar-refractivity contribution in [3.63, 3.8) is 0 Å². The number of hydrogen-bond acceptors (Lipinski definition) is 3. The van der Waals surface area contributed by atoms with Gasteiger partial charge in [0.25, 0.3) is 0 Å². The molecule has 0 spiro atoms. The topological polar surface area (TPSA) is 55.8 Å². The fourth-order valence-corrected chi connectivity index (χ4v) is 3.42. The maximum atomic E-state index is 10.9. The molecule has 0 aromatic heterocycles. The molecule has 4 nitrogen and oxygen atoms in total. The van der Waals surface area contributed by atoms with E-state index in [0.29, 0.717) is 6.61 Å². The molecule has 0 saturated heterocycles. The molecule has 0 fully saturated rings. The largest absolute Gasteiger partial charge is 0.478 e. The monoisotopic (exact) mass is 350 g/mol. The van der Waals surface area contributed by atoms with Crippen molar-refractivity contribution in [1.29, 1.82) is 0 Å². The van der Waals surface area contributed by atoms with E-state index in [-0.39, 0.29) is 11.1 Å². The Morgan fingerprint density at radius 1 is 1.25 bits per heavy atom. The molecule has 0 aliphatic rings. The molecule has 24 heavy (non-hydrogen) atoms. The predicted octanol–water partition coefficient (Wildman–Crippen LogP) is 4.62. The molecule has 1 aromatic carbocycles. The van der Waals surface area contributed by atoms with Crippen LogP contribution in [0.2, 0.25) is 18.1 Å². The first-order valence-corrected chi connectivity index (χ1v) is 11.2. The lowest BCUT2D eigenvalue weighted by atomic mass is 10.2. The SMILES string of the molecule is C[C@H](O[Si](C)(C)C(C)(C)C)[C@@H](/C=C/C(=O)O)OCc1ccccc1. The number of carboxylic acid groups (broad SMARTS) is 1. The quantitative estimate of drug-likeness (QED) is 0.549. The van der Waals surface area contributed by atoms with Gasteiger partial charge >= 0.3 is 5.97 Å². The number of carbonyl (C=O) groups is 1. The van der Waals surface area contributed by atoms with Gasteiger partial charge in [0.15, 0.2) is 8.32 Å². The second kappa shape index (κ2) is 8.60. The molecular weight excluding hydrogens is 320 g/mol. The van der Waals surface area contributed by atoms with Gasteiger partial charge in [-0.3, -0.25) is 0 Å². The van der Waals surface area contributed by atoms with Crippen molar-refractivity contribution in [3.05, 3.63) is 48.0 Å². The minimum Gasteiger partial charge on any atom is -0.478 e. The van der Waals surface area contributed by atoms with Gasteiger partial charge in [0.2, 0.25) is 0 Å². The Bertz CT molecular complexity index is 546. The van der Waals surface area contributed by atoms with Crippen molar-refractivity contribution in [1.82, 2.24) is 0 Å². The van der Waals surface area contributed by atoms with E-state index in [1.807, 2.05) is 37.3 Å². The van der Waals surface area contributed by atoms with Gasteiger partial charge in [-0.05, 0) is 36.7 Å². The summed E-state index contributed by atoms with van der Waals surface area (Å²) >= 11 is 0. The summed E-state index contributed by atoms with van der Waals surface area (Å²) in [5, 5.41) is 9.00. The summed E-state index contributed by atoms with van der Waals surface area (Å²) in [5.74, 6) is -0.983. The summed E-state index contributed by atoms with van der Waals surface area (Å²) in [7, 11) is -1.96. The summed E-state index contributed by atoms with van der Waals surface area (Å²) in [5.41, 5.74) is 1.05. The number of hydrogen-bond donors (Lipinski definition) is 1. The maximum absolute atomic E-state index is 10.9. The Balaban J connectivity index is 2.82. The van der Waals surface area contributed by atoms with E-state index in [9.17, 15) is 4.79 Å². The van der Waals surface area contributed by atoms with Crippen molar-refractivity contribution in [2.45, 2.75) is 64.6 Å². The molecular formula is C19H30O4Si. The van der Waals surface area contributed by atoms with Crippen LogP contribution in [0.1, 0.15) is 33.3 Å². The van der Waals surface area contributed by atoms with Gasteiger partial charge in [-0.1, -0.05) is 51.1 Å². The molecule has 1 rings (SSSR count). The van der Waals surface area contributed by atoms with Gasteiger partial charge in [-0.2, -0.15) is 0 Å². The van der Waals surface area contributed by atoms with E-state index in [1.165, 1.54) is 0 Å². The standard InChI is InChI=1S/C19H30O4Si/c1-15(23-24(5,6)19(2,3)4)17(12-13-18(20)21)22-14-16-10-8-7-9-11-16/h7-13,15,17H,14H2,1-6H3,(H,20,21)/b13-12+/t15-,17+/m0/s1. The zero-order chi connectivity index (χ0) is 18.4. The Kier molecular flexibility index (Phi) is 7.39. The number of ether oxygens (including phenoxy) is 1. The van der Waals surface area contributed by atoms with Gasteiger partial charge < -0.3 is 14.3 Å². The molecule has 0 bridgehead atoms. The molecule has 0 unspecified atom stereocenters. The van der Waals surface area contributed by atoms with Crippen LogP contribution in [0.3, 0.4) is 0 Å². The first-order valence-electron chi connectivity index (χ1n) is 8.27. The average molecular weight is 351 g/mol. The minimum atomic E-state index is -1.96. The number of aliphatic carboxylic acids is 1. The highest BCUT2D eigenvalue weighted by Gasteiger charge is 2.39. The molecule has 134 valence electrons. The normalized spacial score (nSPS) is 15.4. The molecule has 0 heterocycles. The number of carboxylic acids is 1. The summed E-state index contributed by atoms with van der Waals surface area (Å²) in [4.78, 5) is 10.9. The van der Waals surface area contributed by atoms with Gasteiger partial charge in [0, 0.05) is 6.08 Å². The highest BCUT2D eigenvalue weighted by molar-refractivity contribution is 6.74. The number of benzene rings is 1. The minimum absolute atomic E-state index is 0.0851. The zero-order valence-corrected chi connectivity index (χ0v) is 16.6. The first kappa shape index (κ1) is 20.6. The van der Waals surface area contributed by atoms with Crippen molar-refractivity contribution in [3.8, 4) is 0 Å². The van der Waals surface area contributed by atoms with Crippen LogP contribution in [0, 0.1) is 0 Å². The maximum Gasteiger partial charge on any atom is 0.328 e. The molecule has 0 aliphatic heterocycles. The second-order valence-electron chi connectivity index (χ2n) is 7.54. The van der Waals surface area contributed by atoms with Crippen LogP contribution in [-0.2, 0) is 20.6 Å². The van der Waals surface area contributed by atoms with Crippen LogP contribution < -0.4 is 0 Å². The van der Waals surface area contributed by atoms with Crippen LogP contribution >= 0.6 is 0 Å². The van der Waals surface area contributed by atoms with Crippen molar-refractivity contribution in [2.75, 3.05) is 0 Å². The van der Waals surface area contributed by atoms with Crippen LogP contribution in [0.25, 0.3) is 0 Å². The zero-order valence-electron chi connectivity index (χ0n) is 15.6. The number of rotatable bonds is 8. The molecule has 0 amide bonds. The van der Waals surface area contributed by atoms with Crippen LogP contribution in [0.15, 0.2) is 42.5 Å². The third kappa shape index (κ3) is 6.59. The van der Waals surface area contributed by atoms with Crippen LogP contribution in [-0.4, -0.2) is 31.6 Å². The smallest absolute Gasteiger partial charge is 0.328 e. The summed E-state index contributed by atoms with van der Waals surface area (Å²) in [6.07, 6.45) is 2.07. The van der Waals surface area contributed by atoms with Gasteiger partial charge in [0.05, 0.1) is 12.7 Å². The molecule has 0 saturated carbocycles. The van der Waals surface area contributed by atoms with Crippen LogP contribution in [0.4, 0.5) is 0 Å². The summed E-state index contributed by atoms with van der Waals surface area (Å²) in [6, 6.07) is 9.83. The highest BCUT2D eigenvalue weighted by Crippen LogP contribution is 2.37. The van der Waals surface area contributed by atoms with E-state index in [0.717, 1.165) is 11.6 Å². The lowest BCUT2D eigenvalue weighted by Crippen LogP contribution is -2.46. The molecule has 0 radical (unpaired) electrons. The van der Waals surface area contributed by atoms with E-state index >= 15 is 0 Å². The lowest BCUT2D eigenvalue weighted by molar-refractivity contribution is -0.131. The summed E-state index contributed by atoms with van der Waals surface area (Å²) < 4.78 is 12.3. The Morgan fingerprint density at radius 2 is 1.83 bits per heavy atom. The Labute approximate surface area is 146 Å². The first-order chi connectivity index (χ1) is 11.0. The molecule has 2 atom stereocenters. The van der Waals surface area contributed by atoms with Crippen molar-refractivity contribution < 1.29 is 19.1 Å². The lowest BCUT2D eigenvalue weighted by Gasteiger charge is -2.39. The fraction of sp³-hybridized carbons (Fsp3) is 0.526. The Morgan fingerprint density at radius 3 is 2.33 bits per heavy atom. The van der Waals surface area contributed by atoms with E-state index < -0.39 is 20.4 Å². The second-order valence-corrected chi connectivity index (χ2v) is 12.3. The van der Waals surface area contributed by atoms with Crippen molar-refractivity contribution in [2.24, 2.45) is 0 Å². The van der Waals surface area contributed by atoms with E-state index in [2.05, 4.69) is 33.9 Å². The highest BCUT2D eigenvalue weighted by atomic mass is 28.4. The third-order valence-corrected chi connectivity index (χ3v) is 9.04. The fourth-order valence-electron chi connectivity index (χ4n) is 2.00.